The SMILES string of the molecule is C[C@@H]1[C@@H](N=C(Nc2ccc3c(=O)n(CCc4ccc(Cl)cc4)c(C4CCCN(C)C4)nc3c2)N2CC(=O)N[C@@H](C)C2)C[C@H]2C[C@@H]1C2(C)C. The summed E-state index contributed by atoms with van der Waals surface area (Å²) in [6.45, 7) is 12.6. The van der Waals surface area contributed by atoms with Crippen LogP contribution in [0.4, 0.5) is 5.69 Å². The summed E-state index contributed by atoms with van der Waals surface area (Å²) < 4.78 is 1.91. The fraction of sp³-hybridized carbons (Fsp3) is 0.579. The van der Waals surface area contributed by atoms with E-state index in [2.05, 4.69) is 48.3 Å². The third-order valence-corrected chi connectivity index (χ3v) is 12.2. The van der Waals surface area contributed by atoms with Gasteiger partial charge < -0.3 is 20.4 Å². The number of nitrogens with zero attached hydrogens (tertiary/aromatic N) is 5. The number of benzene rings is 2. The molecule has 2 saturated heterocycles. The lowest BCUT2D eigenvalue weighted by Gasteiger charge is -2.61. The highest BCUT2D eigenvalue weighted by Crippen LogP contribution is 2.61. The second-order valence-corrected chi connectivity index (χ2v) is 16.0. The Morgan fingerprint density at radius 3 is 2.60 bits per heavy atom. The minimum Gasteiger partial charge on any atom is -0.350 e. The summed E-state index contributed by atoms with van der Waals surface area (Å²) in [6.07, 6.45) is 5.16. The van der Waals surface area contributed by atoms with Gasteiger partial charge in [-0.05, 0) is 112 Å². The van der Waals surface area contributed by atoms with Crippen molar-refractivity contribution in [2.24, 2.45) is 28.2 Å². The number of aromatic nitrogens is 2. The van der Waals surface area contributed by atoms with Gasteiger partial charge in [-0.15, -0.1) is 0 Å². The molecule has 9 nitrogen and oxygen atoms in total. The highest BCUT2D eigenvalue weighted by molar-refractivity contribution is 6.30. The van der Waals surface area contributed by atoms with Crippen LogP contribution in [0.1, 0.15) is 70.7 Å². The van der Waals surface area contributed by atoms with Crippen LogP contribution in [0.15, 0.2) is 52.3 Å². The number of nitrogens with one attached hydrogen (secondary N) is 2. The zero-order chi connectivity index (χ0) is 33.7. The van der Waals surface area contributed by atoms with E-state index in [1.54, 1.807) is 0 Å². The number of likely N-dealkylation sites (tertiary alicyclic amines) is 1. The monoisotopic (exact) mass is 671 g/mol. The molecule has 1 unspecified atom stereocenters. The summed E-state index contributed by atoms with van der Waals surface area (Å²) in [5, 5.41) is 7.98. The average molecular weight is 672 g/mol. The molecule has 8 rings (SSSR count). The zero-order valence-electron chi connectivity index (χ0n) is 29.0. The van der Waals surface area contributed by atoms with E-state index < -0.39 is 0 Å². The molecule has 1 aromatic heterocycles. The molecule has 48 heavy (non-hydrogen) atoms. The van der Waals surface area contributed by atoms with Crippen molar-refractivity contribution in [2.45, 2.75) is 84.3 Å². The van der Waals surface area contributed by atoms with Crippen molar-refractivity contribution in [3.05, 3.63) is 69.2 Å². The zero-order valence-corrected chi connectivity index (χ0v) is 29.8. The van der Waals surface area contributed by atoms with Crippen LogP contribution >= 0.6 is 11.6 Å². The summed E-state index contributed by atoms with van der Waals surface area (Å²) in [5.74, 6) is 3.59. The Morgan fingerprint density at radius 1 is 1.10 bits per heavy atom. The number of halogens is 1. The predicted molar refractivity (Wildman–Crippen MR) is 194 cm³/mol. The molecule has 5 aliphatic rings. The van der Waals surface area contributed by atoms with Crippen LogP contribution in [0.25, 0.3) is 10.9 Å². The van der Waals surface area contributed by atoms with Crippen molar-refractivity contribution in [3.8, 4) is 0 Å². The standard InChI is InChI=1S/C38H50ClN7O2/c1-23-20-45(22-34(47)40-23)37(43-32-18-27-17-31(24(32)2)38(27,3)4)41-29-12-13-30-33(19-29)42-35(26-7-6-15-44(5)21-26)46(36(30)48)16-14-25-8-10-28(39)11-9-25/h8-13,19,23-24,26-27,31-32H,6-7,14-18,20-22H2,1-5H3,(H,40,47)(H,41,43)/t23-,24-,26?,27+,31-,32-/m0/s1. The number of piperidine rings is 1. The van der Waals surface area contributed by atoms with Crippen LogP contribution in [-0.2, 0) is 17.8 Å². The van der Waals surface area contributed by atoms with Gasteiger partial charge in [0, 0.05) is 42.3 Å². The van der Waals surface area contributed by atoms with Gasteiger partial charge in [0.2, 0.25) is 5.91 Å². The van der Waals surface area contributed by atoms with Gasteiger partial charge in [-0.3, -0.25) is 14.2 Å². The fourth-order valence-electron chi connectivity index (χ4n) is 8.98. The molecule has 2 aliphatic heterocycles. The first-order valence-electron chi connectivity index (χ1n) is 17.8. The molecule has 3 saturated carbocycles. The highest BCUT2D eigenvalue weighted by Gasteiger charge is 2.56. The molecule has 0 spiro atoms. The number of hydrogen-bond acceptors (Lipinski definition) is 5. The maximum atomic E-state index is 14.2. The lowest BCUT2D eigenvalue weighted by atomic mass is 9.45. The molecule has 3 aromatic rings. The summed E-state index contributed by atoms with van der Waals surface area (Å²) in [7, 11) is 2.14. The van der Waals surface area contributed by atoms with Crippen LogP contribution in [0.5, 0.6) is 0 Å². The van der Waals surface area contributed by atoms with Gasteiger partial charge in [0.1, 0.15) is 5.82 Å². The number of anilines is 1. The van der Waals surface area contributed by atoms with E-state index in [-0.39, 0.29) is 36.0 Å². The van der Waals surface area contributed by atoms with E-state index in [1.165, 1.54) is 6.42 Å². The molecule has 3 heterocycles. The Morgan fingerprint density at radius 2 is 1.90 bits per heavy atom. The van der Waals surface area contributed by atoms with E-state index in [1.807, 2.05) is 54.0 Å². The molecular formula is C38H50ClN7O2. The molecule has 5 fully saturated rings. The van der Waals surface area contributed by atoms with E-state index in [4.69, 9.17) is 21.6 Å². The van der Waals surface area contributed by atoms with E-state index in [9.17, 15) is 9.59 Å². The number of amides is 1. The van der Waals surface area contributed by atoms with Crippen molar-refractivity contribution in [2.75, 3.05) is 38.5 Å². The van der Waals surface area contributed by atoms with Gasteiger partial charge in [-0.2, -0.15) is 0 Å². The van der Waals surface area contributed by atoms with Crippen molar-refractivity contribution < 1.29 is 4.79 Å². The normalized spacial score (nSPS) is 29.0. The first-order valence-corrected chi connectivity index (χ1v) is 18.2. The summed E-state index contributed by atoms with van der Waals surface area (Å²) in [5.41, 5.74) is 3.02. The van der Waals surface area contributed by atoms with Gasteiger partial charge in [0.15, 0.2) is 5.96 Å². The maximum Gasteiger partial charge on any atom is 0.261 e. The Labute approximate surface area is 289 Å². The second-order valence-electron chi connectivity index (χ2n) is 15.6. The van der Waals surface area contributed by atoms with Crippen molar-refractivity contribution in [3.63, 3.8) is 0 Å². The number of hydrogen-bond donors (Lipinski definition) is 2. The molecule has 3 aliphatic carbocycles. The average Bonchev–Trinajstić information content (AvgIpc) is 3.04. The summed E-state index contributed by atoms with van der Waals surface area (Å²) >= 11 is 6.13. The number of rotatable bonds is 6. The number of carbonyl (C=O) groups is 1. The van der Waals surface area contributed by atoms with Gasteiger partial charge >= 0.3 is 0 Å². The number of aliphatic imine (C=N–C) groups is 1. The van der Waals surface area contributed by atoms with Gasteiger partial charge in [-0.1, -0.05) is 44.5 Å². The molecule has 256 valence electrons. The van der Waals surface area contributed by atoms with E-state index in [0.717, 1.165) is 61.8 Å². The molecule has 0 radical (unpaired) electrons. The maximum absolute atomic E-state index is 14.2. The minimum atomic E-state index is -0.00275. The summed E-state index contributed by atoms with van der Waals surface area (Å²) in [6, 6.07) is 13.9. The first kappa shape index (κ1) is 33.1. The number of likely N-dealkylation sites (N-methyl/N-ethyl adjacent to an activating group) is 1. The number of fused-ring (bicyclic) bond motifs is 3. The second kappa shape index (κ2) is 13.1. The molecule has 2 bridgehead atoms. The van der Waals surface area contributed by atoms with Gasteiger partial charge in [-0.25, -0.2) is 9.98 Å². The third-order valence-electron chi connectivity index (χ3n) is 11.9. The number of guanidine groups is 1. The van der Waals surface area contributed by atoms with Crippen molar-refractivity contribution >= 4 is 40.1 Å². The van der Waals surface area contributed by atoms with E-state index >= 15 is 0 Å². The Balaban J connectivity index is 1.23. The lowest BCUT2D eigenvalue weighted by Crippen LogP contribution is -2.58. The van der Waals surface area contributed by atoms with Crippen molar-refractivity contribution in [1.82, 2.24) is 24.7 Å². The molecule has 10 heteroatoms. The van der Waals surface area contributed by atoms with Gasteiger partial charge in [0.05, 0.1) is 23.5 Å². The van der Waals surface area contributed by atoms with Crippen LogP contribution in [0.2, 0.25) is 5.02 Å². The molecule has 2 aromatic carbocycles. The molecule has 1 amide bonds. The van der Waals surface area contributed by atoms with E-state index in [0.29, 0.717) is 52.2 Å². The summed E-state index contributed by atoms with van der Waals surface area (Å²) in [4.78, 5) is 41.9. The topological polar surface area (TPSA) is 94.9 Å². The van der Waals surface area contributed by atoms with Crippen LogP contribution < -0.4 is 16.2 Å². The quantitative estimate of drug-likeness (QED) is 0.256. The first-order chi connectivity index (χ1) is 23.0. The largest absolute Gasteiger partial charge is 0.350 e. The minimum absolute atomic E-state index is 0.00275. The van der Waals surface area contributed by atoms with Crippen molar-refractivity contribution in [1.29, 1.82) is 0 Å². The fourth-order valence-corrected chi connectivity index (χ4v) is 9.11. The Hall–Kier alpha value is -3.43. The Bertz CT molecular complexity index is 1770. The third kappa shape index (κ3) is 6.48. The number of aryl methyl sites for hydroxylation is 1. The number of carbonyl (C=O) groups excluding carboxylic acids is 1. The lowest BCUT2D eigenvalue weighted by molar-refractivity contribution is -0.124. The van der Waals surface area contributed by atoms with Gasteiger partial charge in [0.25, 0.3) is 5.56 Å². The Kier molecular flexibility index (Phi) is 9.04. The molecule has 2 N–H and O–H groups in total. The van der Waals surface area contributed by atoms with Crippen LogP contribution in [-0.4, -0.2) is 76.5 Å². The smallest absolute Gasteiger partial charge is 0.261 e. The number of piperazine rings is 1. The van der Waals surface area contributed by atoms with Crippen LogP contribution in [0, 0.1) is 23.2 Å². The highest BCUT2D eigenvalue weighted by atomic mass is 35.5. The van der Waals surface area contributed by atoms with Crippen LogP contribution in [0.3, 0.4) is 0 Å². The predicted octanol–water partition coefficient (Wildman–Crippen LogP) is 5.76. The molecule has 6 atom stereocenters. The molecular weight excluding hydrogens is 622 g/mol.